The van der Waals surface area contributed by atoms with E-state index in [0.29, 0.717) is 11.9 Å². The van der Waals surface area contributed by atoms with Crippen LogP contribution in [0.4, 0.5) is 5.82 Å². The van der Waals surface area contributed by atoms with Crippen molar-refractivity contribution in [2.24, 2.45) is 0 Å². The van der Waals surface area contributed by atoms with Crippen LogP contribution in [0.3, 0.4) is 0 Å². The average molecular weight is 252 g/mol. The van der Waals surface area contributed by atoms with Gasteiger partial charge in [0, 0.05) is 25.8 Å². The van der Waals surface area contributed by atoms with Gasteiger partial charge in [-0.15, -0.1) is 0 Å². The summed E-state index contributed by atoms with van der Waals surface area (Å²) in [6.07, 6.45) is 5.00. The molecule has 2 heterocycles. The van der Waals surface area contributed by atoms with Crippen LogP contribution < -0.4 is 5.73 Å². The van der Waals surface area contributed by atoms with Crippen LogP contribution in [0.5, 0.6) is 0 Å². The molecule has 0 bridgehead atoms. The number of nitrogen functional groups attached to an aromatic ring is 1. The fourth-order valence-corrected chi connectivity index (χ4v) is 2.40. The van der Waals surface area contributed by atoms with Crippen LogP contribution >= 0.6 is 0 Å². The van der Waals surface area contributed by atoms with Crippen LogP contribution in [0.15, 0.2) is 12.3 Å². The molecule has 0 saturated carbocycles. The first kappa shape index (κ1) is 13.4. The van der Waals surface area contributed by atoms with Crippen molar-refractivity contribution >= 4 is 5.82 Å². The van der Waals surface area contributed by atoms with Crippen LogP contribution in [-0.2, 0) is 0 Å². The normalized spacial score (nSPS) is 19.3. The highest BCUT2D eigenvalue weighted by atomic mass is 16.3. The number of hydrogen-bond donors (Lipinski definition) is 2. The van der Waals surface area contributed by atoms with Crippen molar-refractivity contribution in [2.45, 2.75) is 44.8 Å². The van der Waals surface area contributed by atoms with Gasteiger partial charge in [-0.05, 0) is 39.2 Å². The standard InChI is InChI=1S/C13H24N4O/c1-13(2,18)6-10-16-7-3-11(4-8-16)17-9-5-12(14)15-17/h5,9,11,18H,3-4,6-8,10H2,1-2H3,(H2,14,15). The van der Waals surface area contributed by atoms with Gasteiger partial charge in [0.15, 0.2) is 0 Å². The van der Waals surface area contributed by atoms with Crippen molar-refractivity contribution in [3.63, 3.8) is 0 Å². The van der Waals surface area contributed by atoms with E-state index in [1.807, 2.05) is 30.8 Å². The van der Waals surface area contributed by atoms with Gasteiger partial charge >= 0.3 is 0 Å². The Balaban J connectivity index is 1.78. The third-order valence-electron chi connectivity index (χ3n) is 3.60. The zero-order valence-electron chi connectivity index (χ0n) is 11.3. The van der Waals surface area contributed by atoms with Crippen LogP contribution in [0.2, 0.25) is 0 Å². The average Bonchev–Trinajstić information content (AvgIpc) is 2.73. The first-order chi connectivity index (χ1) is 8.44. The van der Waals surface area contributed by atoms with Crippen molar-refractivity contribution < 1.29 is 5.11 Å². The largest absolute Gasteiger partial charge is 0.390 e. The molecule has 2 rings (SSSR count). The van der Waals surface area contributed by atoms with E-state index in [0.717, 1.165) is 38.9 Å². The summed E-state index contributed by atoms with van der Waals surface area (Å²) >= 11 is 0. The number of anilines is 1. The Labute approximate surface area is 109 Å². The van der Waals surface area contributed by atoms with Crippen molar-refractivity contribution in [3.05, 3.63) is 12.3 Å². The lowest BCUT2D eigenvalue weighted by Gasteiger charge is -2.33. The fourth-order valence-electron chi connectivity index (χ4n) is 2.40. The summed E-state index contributed by atoms with van der Waals surface area (Å²) in [5.41, 5.74) is 5.08. The molecule has 1 aliphatic rings. The van der Waals surface area contributed by atoms with Gasteiger partial charge in [0.25, 0.3) is 0 Å². The number of aliphatic hydroxyl groups is 1. The number of aromatic nitrogens is 2. The third kappa shape index (κ3) is 3.71. The lowest BCUT2D eigenvalue weighted by Crippen LogP contribution is -2.37. The molecular weight excluding hydrogens is 228 g/mol. The molecular formula is C13H24N4O. The second-order valence-corrected chi connectivity index (χ2v) is 5.86. The minimum Gasteiger partial charge on any atom is -0.390 e. The van der Waals surface area contributed by atoms with Gasteiger partial charge < -0.3 is 15.7 Å². The molecule has 1 aromatic rings. The molecule has 0 atom stereocenters. The molecule has 0 amide bonds. The molecule has 0 aliphatic carbocycles. The quantitative estimate of drug-likeness (QED) is 0.846. The van der Waals surface area contributed by atoms with E-state index < -0.39 is 5.60 Å². The Morgan fingerprint density at radius 1 is 1.44 bits per heavy atom. The monoisotopic (exact) mass is 252 g/mol. The first-order valence-corrected chi connectivity index (χ1v) is 6.69. The lowest BCUT2D eigenvalue weighted by molar-refractivity contribution is 0.0521. The van der Waals surface area contributed by atoms with Gasteiger partial charge in [0.1, 0.15) is 5.82 Å². The van der Waals surface area contributed by atoms with Gasteiger partial charge in [0.05, 0.1) is 11.6 Å². The topological polar surface area (TPSA) is 67.3 Å². The SMILES string of the molecule is CC(C)(O)CCN1CCC(n2ccc(N)n2)CC1. The van der Waals surface area contributed by atoms with Crippen LogP contribution in [0.1, 0.15) is 39.2 Å². The number of piperidine rings is 1. The Morgan fingerprint density at radius 2 is 2.11 bits per heavy atom. The van der Waals surface area contributed by atoms with Gasteiger partial charge in [-0.25, -0.2) is 0 Å². The summed E-state index contributed by atoms with van der Waals surface area (Å²) in [6.45, 7) is 6.84. The zero-order chi connectivity index (χ0) is 13.2. The maximum Gasteiger partial charge on any atom is 0.145 e. The Bertz CT molecular complexity index is 375. The summed E-state index contributed by atoms with van der Waals surface area (Å²) in [6, 6.07) is 2.32. The summed E-state index contributed by atoms with van der Waals surface area (Å²) in [4.78, 5) is 2.42. The molecule has 18 heavy (non-hydrogen) atoms. The summed E-state index contributed by atoms with van der Waals surface area (Å²) in [7, 11) is 0. The highest BCUT2D eigenvalue weighted by Crippen LogP contribution is 2.23. The van der Waals surface area contributed by atoms with Crippen LogP contribution in [0, 0.1) is 0 Å². The second kappa shape index (κ2) is 5.28. The van der Waals surface area contributed by atoms with Crippen molar-refractivity contribution in [1.82, 2.24) is 14.7 Å². The molecule has 102 valence electrons. The highest BCUT2D eigenvalue weighted by molar-refractivity contribution is 5.24. The summed E-state index contributed by atoms with van der Waals surface area (Å²) < 4.78 is 1.99. The summed E-state index contributed by atoms with van der Waals surface area (Å²) in [5, 5.41) is 14.0. The van der Waals surface area contributed by atoms with Gasteiger partial charge in [0.2, 0.25) is 0 Å². The van der Waals surface area contributed by atoms with Crippen LogP contribution in [0.25, 0.3) is 0 Å². The third-order valence-corrected chi connectivity index (χ3v) is 3.60. The Morgan fingerprint density at radius 3 is 2.61 bits per heavy atom. The van der Waals surface area contributed by atoms with E-state index in [1.54, 1.807) is 0 Å². The number of nitrogens with zero attached hydrogens (tertiary/aromatic N) is 3. The van der Waals surface area contributed by atoms with E-state index >= 15 is 0 Å². The zero-order valence-corrected chi connectivity index (χ0v) is 11.3. The Kier molecular flexibility index (Phi) is 3.92. The molecule has 1 aliphatic heterocycles. The number of nitrogens with two attached hydrogens (primary N) is 1. The molecule has 1 fully saturated rings. The van der Waals surface area contributed by atoms with Gasteiger partial charge in [-0.3, -0.25) is 4.68 Å². The van der Waals surface area contributed by atoms with Crippen LogP contribution in [-0.4, -0.2) is 45.0 Å². The summed E-state index contributed by atoms with van der Waals surface area (Å²) in [5.74, 6) is 0.597. The van der Waals surface area contributed by atoms with E-state index in [2.05, 4.69) is 10.00 Å². The number of hydrogen-bond acceptors (Lipinski definition) is 4. The first-order valence-electron chi connectivity index (χ1n) is 6.69. The smallest absolute Gasteiger partial charge is 0.145 e. The van der Waals surface area contributed by atoms with E-state index in [-0.39, 0.29) is 0 Å². The lowest BCUT2D eigenvalue weighted by atomic mass is 10.0. The molecule has 5 nitrogen and oxygen atoms in total. The van der Waals surface area contributed by atoms with Crippen molar-refractivity contribution in [3.8, 4) is 0 Å². The van der Waals surface area contributed by atoms with Crippen molar-refractivity contribution in [1.29, 1.82) is 0 Å². The molecule has 0 radical (unpaired) electrons. The highest BCUT2D eigenvalue weighted by Gasteiger charge is 2.22. The maximum absolute atomic E-state index is 9.73. The molecule has 3 N–H and O–H groups in total. The minimum atomic E-state index is -0.562. The molecule has 1 aromatic heterocycles. The molecule has 5 heteroatoms. The van der Waals surface area contributed by atoms with E-state index in [9.17, 15) is 5.11 Å². The number of likely N-dealkylation sites (tertiary alicyclic amines) is 1. The molecule has 0 unspecified atom stereocenters. The van der Waals surface area contributed by atoms with Gasteiger partial charge in [-0.2, -0.15) is 5.10 Å². The van der Waals surface area contributed by atoms with E-state index in [4.69, 9.17) is 5.73 Å². The second-order valence-electron chi connectivity index (χ2n) is 5.86. The fraction of sp³-hybridized carbons (Fsp3) is 0.769. The number of rotatable bonds is 4. The van der Waals surface area contributed by atoms with E-state index in [1.165, 1.54) is 0 Å². The molecule has 0 spiro atoms. The Hall–Kier alpha value is -1.07. The minimum absolute atomic E-state index is 0.473. The van der Waals surface area contributed by atoms with Crippen molar-refractivity contribution in [2.75, 3.05) is 25.4 Å². The molecule has 0 aromatic carbocycles. The molecule has 1 saturated heterocycles. The predicted octanol–water partition coefficient (Wildman–Crippen LogP) is 1.26. The maximum atomic E-state index is 9.73. The van der Waals surface area contributed by atoms with Gasteiger partial charge in [-0.1, -0.05) is 0 Å². The predicted molar refractivity (Wildman–Crippen MR) is 72.3 cm³/mol.